The number of benzene rings is 2. The minimum absolute atomic E-state index is 0.0223. The summed E-state index contributed by atoms with van der Waals surface area (Å²) in [5.41, 5.74) is 0.720. The number of rotatable bonds is 9. The summed E-state index contributed by atoms with van der Waals surface area (Å²) in [4.78, 5) is 24.1. The molecule has 2 rings (SSSR count). The molecular formula is C19H21Cl2N3O4S. The van der Waals surface area contributed by atoms with Gasteiger partial charge in [-0.05, 0) is 42.8 Å². The first kappa shape index (κ1) is 23.2. The molecule has 0 aliphatic rings. The second-order valence-electron chi connectivity index (χ2n) is 6.10. The van der Waals surface area contributed by atoms with Crippen LogP contribution in [0.5, 0.6) is 0 Å². The molecule has 0 unspecified atom stereocenters. The van der Waals surface area contributed by atoms with Crippen LogP contribution < -0.4 is 15.4 Å². The Morgan fingerprint density at radius 2 is 1.79 bits per heavy atom. The molecule has 156 valence electrons. The number of hydrogen-bond donors (Lipinski definition) is 3. The Labute approximate surface area is 179 Å². The van der Waals surface area contributed by atoms with Crippen LogP contribution in [-0.2, 0) is 14.8 Å². The molecule has 0 aliphatic heterocycles. The number of anilines is 1. The van der Waals surface area contributed by atoms with Crippen molar-refractivity contribution in [2.75, 3.05) is 18.4 Å². The molecule has 0 aromatic heterocycles. The third-order valence-electron chi connectivity index (χ3n) is 3.78. The van der Waals surface area contributed by atoms with Gasteiger partial charge in [-0.15, -0.1) is 0 Å². The average Bonchev–Trinajstić information content (AvgIpc) is 2.66. The van der Waals surface area contributed by atoms with E-state index in [0.717, 1.165) is 6.42 Å². The lowest BCUT2D eigenvalue weighted by Crippen LogP contribution is -2.28. The zero-order valence-electron chi connectivity index (χ0n) is 15.7. The molecule has 0 bridgehead atoms. The van der Waals surface area contributed by atoms with E-state index in [1.807, 2.05) is 6.92 Å². The molecule has 7 nitrogen and oxygen atoms in total. The molecule has 0 aliphatic carbocycles. The fourth-order valence-electron chi connectivity index (χ4n) is 2.35. The van der Waals surface area contributed by atoms with Gasteiger partial charge in [-0.2, -0.15) is 0 Å². The van der Waals surface area contributed by atoms with E-state index >= 15 is 0 Å². The largest absolute Gasteiger partial charge is 0.352 e. The average molecular weight is 458 g/mol. The summed E-state index contributed by atoms with van der Waals surface area (Å²) < 4.78 is 26.7. The van der Waals surface area contributed by atoms with E-state index in [1.54, 1.807) is 12.1 Å². The minimum Gasteiger partial charge on any atom is -0.352 e. The van der Waals surface area contributed by atoms with Crippen LogP contribution in [0.3, 0.4) is 0 Å². The molecule has 0 fully saturated rings. The predicted octanol–water partition coefficient (Wildman–Crippen LogP) is 3.44. The van der Waals surface area contributed by atoms with Gasteiger partial charge in [-0.3, -0.25) is 9.59 Å². The van der Waals surface area contributed by atoms with Gasteiger partial charge in [0.15, 0.2) is 0 Å². The summed E-state index contributed by atoms with van der Waals surface area (Å²) >= 11 is 11.9. The standard InChI is InChI=1S/C19H21Cl2N3O4S/c1-2-9-22-19(26)16-7-6-14(12-17(16)21)24-18(25)8-10-23-29(27,28)15-5-3-4-13(20)11-15/h3-7,11-12,23H,2,8-10H2,1H3,(H,22,26)(H,24,25). The Balaban J connectivity index is 1.89. The van der Waals surface area contributed by atoms with Crippen molar-refractivity contribution in [2.24, 2.45) is 0 Å². The molecule has 29 heavy (non-hydrogen) atoms. The maximum Gasteiger partial charge on any atom is 0.252 e. The van der Waals surface area contributed by atoms with Crippen LogP contribution in [0.25, 0.3) is 0 Å². The van der Waals surface area contributed by atoms with Crippen molar-refractivity contribution in [3.8, 4) is 0 Å². The fourth-order valence-corrected chi connectivity index (χ4v) is 3.95. The number of carbonyl (C=O) groups excluding carboxylic acids is 2. The topological polar surface area (TPSA) is 104 Å². The minimum atomic E-state index is -3.76. The fraction of sp³-hybridized carbons (Fsp3) is 0.263. The van der Waals surface area contributed by atoms with Crippen molar-refractivity contribution in [1.29, 1.82) is 0 Å². The quantitative estimate of drug-likeness (QED) is 0.536. The van der Waals surface area contributed by atoms with Crippen LogP contribution in [0.1, 0.15) is 30.1 Å². The van der Waals surface area contributed by atoms with Crippen molar-refractivity contribution in [3.63, 3.8) is 0 Å². The Morgan fingerprint density at radius 3 is 2.45 bits per heavy atom. The van der Waals surface area contributed by atoms with E-state index < -0.39 is 15.9 Å². The van der Waals surface area contributed by atoms with Crippen molar-refractivity contribution < 1.29 is 18.0 Å². The Hall–Kier alpha value is -2.13. The van der Waals surface area contributed by atoms with E-state index in [4.69, 9.17) is 23.2 Å². The van der Waals surface area contributed by atoms with E-state index in [2.05, 4.69) is 15.4 Å². The van der Waals surface area contributed by atoms with Gasteiger partial charge in [0.05, 0.1) is 15.5 Å². The maximum atomic E-state index is 12.2. The third kappa shape index (κ3) is 7.01. The number of nitrogens with one attached hydrogen (secondary N) is 3. The number of sulfonamides is 1. The van der Waals surface area contributed by atoms with Crippen molar-refractivity contribution >= 4 is 50.7 Å². The SMILES string of the molecule is CCCNC(=O)c1ccc(NC(=O)CCNS(=O)(=O)c2cccc(Cl)c2)cc1Cl. The van der Waals surface area contributed by atoms with E-state index in [9.17, 15) is 18.0 Å². The van der Waals surface area contributed by atoms with Gasteiger partial charge in [0.25, 0.3) is 5.91 Å². The first-order valence-corrected chi connectivity index (χ1v) is 11.1. The van der Waals surface area contributed by atoms with E-state index in [-0.39, 0.29) is 28.8 Å². The van der Waals surface area contributed by atoms with Crippen LogP contribution in [-0.4, -0.2) is 33.3 Å². The summed E-state index contributed by atoms with van der Waals surface area (Å²) in [6.07, 6.45) is 0.717. The Kier molecular flexibility index (Phi) is 8.45. The normalized spacial score (nSPS) is 11.1. The summed E-state index contributed by atoms with van der Waals surface area (Å²) in [5.74, 6) is -0.691. The molecule has 0 heterocycles. The molecule has 10 heteroatoms. The van der Waals surface area contributed by atoms with Crippen LogP contribution >= 0.6 is 23.2 Å². The lowest BCUT2D eigenvalue weighted by atomic mass is 10.2. The molecular weight excluding hydrogens is 437 g/mol. The van der Waals surface area contributed by atoms with E-state index in [0.29, 0.717) is 22.8 Å². The zero-order valence-corrected chi connectivity index (χ0v) is 18.0. The molecule has 0 radical (unpaired) electrons. The molecule has 3 N–H and O–H groups in total. The Bertz CT molecular complexity index is 997. The monoisotopic (exact) mass is 457 g/mol. The summed E-state index contributed by atoms with van der Waals surface area (Å²) in [6, 6.07) is 10.4. The van der Waals surface area contributed by atoms with E-state index in [1.165, 1.54) is 30.3 Å². The van der Waals surface area contributed by atoms with Gasteiger partial charge in [0.2, 0.25) is 15.9 Å². The van der Waals surface area contributed by atoms with Crippen LogP contribution in [0.2, 0.25) is 10.0 Å². The highest BCUT2D eigenvalue weighted by Crippen LogP contribution is 2.21. The highest BCUT2D eigenvalue weighted by molar-refractivity contribution is 7.89. The number of hydrogen-bond acceptors (Lipinski definition) is 4. The first-order chi connectivity index (χ1) is 13.7. The molecule has 0 atom stereocenters. The number of halogens is 2. The number of carbonyl (C=O) groups is 2. The van der Waals surface area contributed by atoms with Gasteiger partial charge in [0, 0.05) is 30.2 Å². The lowest BCUT2D eigenvalue weighted by Gasteiger charge is -2.10. The zero-order chi connectivity index (χ0) is 21.4. The summed E-state index contributed by atoms with van der Waals surface area (Å²) in [6.45, 7) is 2.39. The summed E-state index contributed by atoms with van der Waals surface area (Å²) in [5, 5.41) is 5.85. The van der Waals surface area contributed by atoms with Crippen molar-refractivity contribution in [3.05, 3.63) is 58.1 Å². The molecule has 2 amide bonds. The second kappa shape index (κ2) is 10.6. The molecule has 0 spiro atoms. The first-order valence-electron chi connectivity index (χ1n) is 8.85. The molecule has 2 aromatic rings. The summed E-state index contributed by atoms with van der Waals surface area (Å²) in [7, 11) is -3.76. The second-order valence-corrected chi connectivity index (χ2v) is 8.71. The van der Waals surface area contributed by atoms with Crippen molar-refractivity contribution in [1.82, 2.24) is 10.0 Å². The number of amides is 2. The molecule has 0 saturated heterocycles. The predicted molar refractivity (Wildman–Crippen MR) is 114 cm³/mol. The van der Waals surface area contributed by atoms with Gasteiger partial charge in [0.1, 0.15) is 0 Å². The molecule has 2 aromatic carbocycles. The van der Waals surface area contributed by atoms with Crippen LogP contribution in [0.4, 0.5) is 5.69 Å². The van der Waals surface area contributed by atoms with Crippen molar-refractivity contribution in [2.45, 2.75) is 24.7 Å². The Morgan fingerprint density at radius 1 is 1.03 bits per heavy atom. The maximum absolute atomic E-state index is 12.2. The highest BCUT2D eigenvalue weighted by Gasteiger charge is 2.15. The van der Waals surface area contributed by atoms with Crippen LogP contribution in [0.15, 0.2) is 47.4 Å². The molecule has 0 saturated carbocycles. The third-order valence-corrected chi connectivity index (χ3v) is 5.79. The smallest absolute Gasteiger partial charge is 0.252 e. The van der Waals surface area contributed by atoms with Gasteiger partial charge in [-0.25, -0.2) is 13.1 Å². The van der Waals surface area contributed by atoms with Gasteiger partial charge < -0.3 is 10.6 Å². The van der Waals surface area contributed by atoms with Crippen LogP contribution in [0, 0.1) is 0 Å². The highest BCUT2D eigenvalue weighted by atomic mass is 35.5. The lowest BCUT2D eigenvalue weighted by molar-refractivity contribution is -0.116. The van der Waals surface area contributed by atoms with Gasteiger partial charge in [-0.1, -0.05) is 36.2 Å². The van der Waals surface area contributed by atoms with Gasteiger partial charge >= 0.3 is 0 Å².